The third-order valence-corrected chi connectivity index (χ3v) is 4.85. The van der Waals surface area contributed by atoms with Crippen LogP contribution in [0.4, 0.5) is 0 Å². The van der Waals surface area contributed by atoms with Crippen LogP contribution in [0, 0.1) is 0 Å². The second-order valence-electron chi connectivity index (χ2n) is 4.59. The van der Waals surface area contributed by atoms with Crippen molar-refractivity contribution in [2.45, 2.75) is 19.8 Å². The molecule has 0 aliphatic heterocycles. The molecular formula is C14H17ClN2O2S. The fourth-order valence-electron chi connectivity index (χ4n) is 2.05. The van der Waals surface area contributed by atoms with Gasteiger partial charge < -0.3 is 0 Å². The molecule has 0 radical (unpaired) electrons. The fourth-order valence-corrected chi connectivity index (χ4v) is 2.97. The smallest absolute Gasteiger partial charge is 0.261 e. The Morgan fingerprint density at radius 2 is 2.15 bits per heavy atom. The number of benzene rings is 1. The molecule has 0 saturated heterocycles. The van der Waals surface area contributed by atoms with Gasteiger partial charge in [-0.3, -0.25) is 13.6 Å². The molecule has 2 rings (SSSR count). The van der Waals surface area contributed by atoms with Crippen LogP contribution in [0.3, 0.4) is 0 Å². The van der Waals surface area contributed by atoms with Crippen LogP contribution in [-0.4, -0.2) is 25.3 Å². The Labute approximate surface area is 125 Å². The minimum Gasteiger partial charge on any atom is -0.299 e. The molecular weight excluding hydrogens is 296 g/mol. The topological polar surface area (TPSA) is 52.0 Å². The first kappa shape index (κ1) is 15.2. The number of fused-ring (bicyclic) bond motifs is 1. The molecule has 1 atom stereocenters. The second-order valence-corrected chi connectivity index (χ2v) is 6.89. The van der Waals surface area contributed by atoms with Crippen molar-refractivity contribution in [1.29, 1.82) is 0 Å². The van der Waals surface area contributed by atoms with E-state index in [9.17, 15) is 9.00 Å². The number of rotatable bonds is 5. The van der Waals surface area contributed by atoms with Gasteiger partial charge in [-0.2, -0.15) is 0 Å². The lowest BCUT2D eigenvalue weighted by molar-refractivity contribution is 0.676. The Hall–Kier alpha value is -1.20. The van der Waals surface area contributed by atoms with Gasteiger partial charge in [0, 0.05) is 40.8 Å². The molecule has 0 N–H and O–H groups in total. The average Bonchev–Trinajstić information content (AvgIpc) is 2.43. The maximum Gasteiger partial charge on any atom is 0.261 e. The Morgan fingerprint density at radius 1 is 1.40 bits per heavy atom. The van der Waals surface area contributed by atoms with Gasteiger partial charge in [-0.15, -0.1) is 0 Å². The van der Waals surface area contributed by atoms with Gasteiger partial charge in [0.25, 0.3) is 5.56 Å². The Kier molecular flexibility index (Phi) is 4.94. The largest absolute Gasteiger partial charge is 0.299 e. The fraction of sp³-hybridized carbons (Fsp3) is 0.429. The van der Waals surface area contributed by atoms with Gasteiger partial charge in [-0.25, -0.2) is 4.98 Å². The first-order chi connectivity index (χ1) is 9.52. The highest BCUT2D eigenvalue weighted by Gasteiger charge is 2.09. The van der Waals surface area contributed by atoms with Gasteiger partial charge in [-0.05, 0) is 24.6 Å². The summed E-state index contributed by atoms with van der Waals surface area (Å²) in [7, 11) is 0.938. The molecule has 0 spiro atoms. The van der Waals surface area contributed by atoms with E-state index < -0.39 is 10.8 Å². The highest BCUT2D eigenvalue weighted by atomic mass is 35.5. The van der Waals surface area contributed by atoms with E-state index in [1.54, 1.807) is 29.8 Å². The van der Waals surface area contributed by atoms with E-state index in [0.717, 1.165) is 6.42 Å². The van der Waals surface area contributed by atoms with E-state index in [1.807, 2.05) is 6.92 Å². The first-order valence-electron chi connectivity index (χ1n) is 6.53. The van der Waals surface area contributed by atoms with E-state index in [4.69, 9.17) is 11.6 Å². The third kappa shape index (κ3) is 3.27. The van der Waals surface area contributed by atoms with E-state index in [1.165, 1.54) is 0 Å². The van der Waals surface area contributed by atoms with Crippen LogP contribution < -0.4 is 5.56 Å². The molecule has 6 heteroatoms. The van der Waals surface area contributed by atoms with Crippen molar-refractivity contribution in [2.24, 2.45) is 7.05 Å². The molecule has 0 aliphatic rings. The summed E-state index contributed by atoms with van der Waals surface area (Å²) in [5.74, 6) is 2.01. The Bertz CT molecular complexity index is 712. The summed E-state index contributed by atoms with van der Waals surface area (Å²) in [6.07, 6.45) is 1.40. The van der Waals surface area contributed by atoms with Gasteiger partial charge in [0.05, 0.1) is 10.9 Å². The van der Waals surface area contributed by atoms with Crippen LogP contribution in [0.1, 0.15) is 19.2 Å². The summed E-state index contributed by atoms with van der Waals surface area (Å²) in [6.45, 7) is 1.90. The number of hydrogen-bond acceptors (Lipinski definition) is 3. The van der Waals surface area contributed by atoms with Crippen molar-refractivity contribution in [1.82, 2.24) is 9.55 Å². The average molecular weight is 313 g/mol. The van der Waals surface area contributed by atoms with Crippen molar-refractivity contribution >= 4 is 33.3 Å². The molecule has 0 amide bonds. The lowest BCUT2D eigenvalue weighted by Gasteiger charge is -2.09. The van der Waals surface area contributed by atoms with E-state index in [0.29, 0.717) is 39.7 Å². The van der Waals surface area contributed by atoms with Crippen LogP contribution in [-0.2, 0) is 24.3 Å². The summed E-state index contributed by atoms with van der Waals surface area (Å²) in [5, 5.41) is 1.13. The van der Waals surface area contributed by atoms with Crippen LogP contribution in [0.15, 0.2) is 23.0 Å². The zero-order valence-corrected chi connectivity index (χ0v) is 13.1. The highest BCUT2D eigenvalue weighted by molar-refractivity contribution is 7.84. The summed E-state index contributed by atoms with van der Waals surface area (Å²) < 4.78 is 13.0. The summed E-state index contributed by atoms with van der Waals surface area (Å²) in [4.78, 5) is 16.7. The lowest BCUT2D eigenvalue weighted by Crippen LogP contribution is -2.22. The zero-order chi connectivity index (χ0) is 14.7. The molecule has 1 aromatic heterocycles. The summed E-state index contributed by atoms with van der Waals surface area (Å²) in [6, 6.07) is 5.09. The van der Waals surface area contributed by atoms with E-state index in [2.05, 4.69) is 4.98 Å². The molecule has 4 nitrogen and oxygen atoms in total. The van der Waals surface area contributed by atoms with Crippen LogP contribution in [0.5, 0.6) is 0 Å². The van der Waals surface area contributed by atoms with Crippen LogP contribution in [0.25, 0.3) is 10.9 Å². The standard InChI is InChI=1S/C14H17ClN2O2S/c1-3-20(19)8-4-5-13-16-12-9-10(15)6-7-11(12)14(18)17(13)2/h6-7,9H,3-5,8H2,1-2H3. The zero-order valence-electron chi connectivity index (χ0n) is 11.6. The van der Waals surface area contributed by atoms with E-state index >= 15 is 0 Å². The molecule has 1 unspecified atom stereocenters. The molecule has 0 bridgehead atoms. The molecule has 108 valence electrons. The molecule has 1 aromatic carbocycles. The highest BCUT2D eigenvalue weighted by Crippen LogP contribution is 2.15. The number of aryl methyl sites for hydroxylation is 1. The molecule has 1 heterocycles. The molecule has 0 aliphatic carbocycles. The van der Waals surface area contributed by atoms with Gasteiger partial charge in [0.1, 0.15) is 5.82 Å². The Morgan fingerprint density at radius 3 is 2.85 bits per heavy atom. The van der Waals surface area contributed by atoms with Gasteiger partial charge in [0.2, 0.25) is 0 Å². The van der Waals surface area contributed by atoms with E-state index in [-0.39, 0.29) is 5.56 Å². The maximum atomic E-state index is 12.2. The van der Waals surface area contributed by atoms with Crippen molar-refractivity contribution in [3.8, 4) is 0 Å². The molecule has 20 heavy (non-hydrogen) atoms. The normalized spacial score (nSPS) is 12.8. The predicted molar refractivity (Wildman–Crippen MR) is 83.9 cm³/mol. The van der Waals surface area contributed by atoms with Crippen molar-refractivity contribution < 1.29 is 4.21 Å². The number of aromatic nitrogens is 2. The molecule has 0 fully saturated rings. The molecule has 2 aromatic rings. The quantitative estimate of drug-likeness (QED) is 0.851. The van der Waals surface area contributed by atoms with Crippen molar-refractivity contribution in [3.63, 3.8) is 0 Å². The lowest BCUT2D eigenvalue weighted by atomic mass is 10.2. The third-order valence-electron chi connectivity index (χ3n) is 3.23. The number of nitrogens with zero attached hydrogens (tertiary/aromatic N) is 2. The van der Waals surface area contributed by atoms with Crippen molar-refractivity contribution in [3.05, 3.63) is 39.4 Å². The minimum atomic E-state index is -0.780. The minimum absolute atomic E-state index is 0.0710. The summed E-state index contributed by atoms with van der Waals surface area (Å²) in [5.41, 5.74) is 0.547. The monoisotopic (exact) mass is 312 g/mol. The maximum absolute atomic E-state index is 12.2. The predicted octanol–water partition coefficient (Wildman–Crippen LogP) is 2.29. The molecule has 0 saturated carbocycles. The van der Waals surface area contributed by atoms with Gasteiger partial charge in [0.15, 0.2) is 0 Å². The van der Waals surface area contributed by atoms with Gasteiger partial charge in [-0.1, -0.05) is 18.5 Å². The number of halogens is 1. The second kappa shape index (κ2) is 6.50. The summed E-state index contributed by atoms with van der Waals surface area (Å²) >= 11 is 5.94. The Balaban J connectivity index is 2.31. The van der Waals surface area contributed by atoms with Gasteiger partial charge >= 0.3 is 0 Å². The number of hydrogen-bond donors (Lipinski definition) is 0. The SMILES string of the molecule is CCS(=O)CCCc1nc2cc(Cl)ccc2c(=O)n1C. The van der Waals surface area contributed by atoms with Crippen LogP contribution >= 0.6 is 11.6 Å². The first-order valence-corrected chi connectivity index (χ1v) is 8.39. The van der Waals surface area contributed by atoms with Crippen LogP contribution in [0.2, 0.25) is 5.02 Å². The van der Waals surface area contributed by atoms with Crippen molar-refractivity contribution in [2.75, 3.05) is 11.5 Å².